The lowest BCUT2D eigenvalue weighted by molar-refractivity contribution is -0.274. The molecule has 1 aromatic heterocycles. The van der Waals surface area contributed by atoms with Gasteiger partial charge in [0.25, 0.3) is 5.56 Å². The second-order valence-electron chi connectivity index (χ2n) is 6.30. The predicted octanol–water partition coefficient (Wildman–Crippen LogP) is 5.23. The van der Waals surface area contributed by atoms with Gasteiger partial charge in [-0.15, -0.1) is 13.2 Å². The van der Waals surface area contributed by atoms with E-state index in [1.165, 1.54) is 48.5 Å². The molecule has 0 saturated heterocycles. The number of hydrogen-bond donors (Lipinski definition) is 0. The Bertz CT molecular complexity index is 1280. The molecule has 9 heteroatoms. The van der Waals surface area contributed by atoms with Gasteiger partial charge >= 0.3 is 6.36 Å². The first-order valence-electron chi connectivity index (χ1n) is 8.56. The Kier molecular flexibility index (Phi) is 4.73. The summed E-state index contributed by atoms with van der Waals surface area (Å²) in [5.74, 6) is -1.58. The summed E-state index contributed by atoms with van der Waals surface area (Å²) in [4.78, 5) is 12.9. The van der Waals surface area contributed by atoms with Crippen molar-refractivity contribution >= 4 is 10.8 Å². The van der Waals surface area contributed by atoms with Crippen LogP contribution in [-0.2, 0) is 0 Å². The van der Waals surface area contributed by atoms with Crippen LogP contribution in [-0.4, -0.2) is 16.1 Å². The number of hydrogen-bond acceptors (Lipinski definition) is 3. The van der Waals surface area contributed by atoms with Crippen LogP contribution in [0.1, 0.15) is 0 Å². The zero-order chi connectivity index (χ0) is 21.5. The number of alkyl halides is 3. The van der Waals surface area contributed by atoms with E-state index in [1.807, 2.05) is 0 Å². The van der Waals surface area contributed by atoms with Crippen molar-refractivity contribution < 1.29 is 26.7 Å². The summed E-state index contributed by atoms with van der Waals surface area (Å²) < 4.78 is 69.0. The SMILES string of the molecule is O=c1c2cc(F)ccc2c(-c2ccc(F)cc2)nn1-c1ccc(OC(F)(F)F)cc1. The lowest BCUT2D eigenvalue weighted by atomic mass is 10.0. The monoisotopic (exact) mass is 418 g/mol. The van der Waals surface area contributed by atoms with Gasteiger partial charge < -0.3 is 4.74 Å². The van der Waals surface area contributed by atoms with Crippen molar-refractivity contribution in [3.05, 3.63) is 88.7 Å². The van der Waals surface area contributed by atoms with Crippen LogP contribution in [0.15, 0.2) is 71.5 Å². The molecular formula is C21H11F5N2O2. The number of aromatic nitrogens is 2. The summed E-state index contributed by atoms with van der Waals surface area (Å²) in [5, 5.41) is 4.66. The molecule has 30 heavy (non-hydrogen) atoms. The molecule has 0 amide bonds. The summed E-state index contributed by atoms with van der Waals surface area (Å²) in [5.41, 5.74) is 0.225. The molecule has 4 rings (SSSR count). The van der Waals surface area contributed by atoms with E-state index in [2.05, 4.69) is 9.84 Å². The molecule has 0 fully saturated rings. The Balaban J connectivity index is 1.91. The van der Waals surface area contributed by atoms with Crippen LogP contribution in [0.5, 0.6) is 5.75 Å². The normalized spacial score (nSPS) is 11.6. The van der Waals surface area contributed by atoms with Gasteiger partial charge in [-0.1, -0.05) is 0 Å². The average Bonchev–Trinajstić information content (AvgIpc) is 2.69. The molecule has 0 aliphatic rings. The van der Waals surface area contributed by atoms with Crippen LogP contribution in [0.25, 0.3) is 27.7 Å². The van der Waals surface area contributed by atoms with Crippen LogP contribution >= 0.6 is 0 Å². The first-order chi connectivity index (χ1) is 14.2. The van der Waals surface area contributed by atoms with Gasteiger partial charge in [-0.3, -0.25) is 4.79 Å². The van der Waals surface area contributed by atoms with Crippen molar-refractivity contribution in [3.8, 4) is 22.7 Å². The minimum absolute atomic E-state index is 0.0138. The van der Waals surface area contributed by atoms with Crippen molar-refractivity contribution in [1.29, 1.82) is 0 Å². The summed E-state index contributed by atoms with van der Waals surface area (Å²) in [7, 11) is 0. The molecule has 0 saturated carbocycles. The van der Waals surface area contributed by atoms with Crippen LogP contribution in [0.3, 0.4) is 0 Å². The molecule has 1 heterocycles. The number of fused-ring (bicyclic) bond motifs is 1. The van der Waals surface area contributed by atoms with Gasteiger partial charge in [0, 0.05) is 10.9 Å². The fourth-order valence-electron chi connectivity index (χ4n) is 3.00. The highest BCUT2D eigenvalue weighted by atomic mass is 19.4. The zero-order valence-corrected chi connectivity index (χ0v) is 15.0. The second kappa shape index (κ2) is 7.25. The fraction of sp³-hybridized carbons (Fsp3) is 0.0476. The number of benzene rings is 3. The van der Waals surface area contributed by atoms with Crippen molar-refractivity contribution in [3.63, 3.8) is 0 Å². The van der Waals surface area contributed by atoms with Gasteiger partial charge in [0.1, 0.15) is 17.4 Å². The smallest absolute Gasteiger partial charge is 0.406 e. The average molecular weight is 418 g/mol. The van der Waals surface area contributed by atoms with Gasteiger partial charge in [-0.05, 0) is 66.7 Å². The zero-order valence-electron chi connectivity index (χ0n) is 15.0. The van der Waals surface area contributed by atoms with E-state index >= 15 is 0 Å². The largest absolute Gasteiger partial charge is 0.573 e. The van der Waals surface area contributed by atoms with Gasteiger partial charge in [-0.25, -0.2) is 8.78 Å². The van der Waals surface area contributed by atoms with E-state index in [4.69, 9.17) is 0 Å². The third kappa shape index (κ3) is 3.86. The highest BCUT2D eigenvalue weighted by Crippen LogP contribution is 2.27. The van der Waals surface area contributed by atoms with Crippen molar-refractivity contribution in [2.24, 2.45) is 0 Å². The van der Waals surface area contributed by atoms with E-state index in [9.17, 15) is 26.7 Å². The number of rotatable bonds is 3. The quantitative estimate of drug-likeness (QED) is 0.428. The standard InChI is InChI=1S/C21H11F5N2O2/c22-13-3-1-12(2-4-13)19-17-10-5-14(23)11-18(17)20(29)28(27-19)15-6-8-16(9-7-15)30-21(24,25)26/h1-11H. The fourth-order valence-corrected chi connectivity index (χ4v) is 3.00. The van der Waals surface area contributed by atoms with Crippen LogP contribution in [0, 0.1) is 11.6 Å². The third-order valence-electron chi connectivity index (χ3n) is 4.29. The molecule has 4 nitrogen and oxygen atoms in total. The van der Waals surface area contributed by atoms with Gasteiger partial charge in [0.2, 0.25) is 0 Å². The van der Waals surface area contributed by atoms with Crippen LogP contribution < -0.4 is 10.3 Å². The molecule has 0 radical (unpaired) electrons. The first kappa shape index (κ1) is 19.6. The molecule has 4 aromatic rings. The molecule has 0 bridgehead atoms. The summed E-state index contributed by atoms with van der Waals surface area (Å²) in [6.07, 6.45) is -4.85. The Morgan fingerprint density at radius 1 is 0.800 bits per heavy atom. The van der Waals surface area contributed by atoms with Gasteiger partial charge in [0.15, 0.2) is 0 Å². The van der Waals surface area contributed by atoms with E-state index in [0.29, 0.717) is 10.9 Å². The molecule has 0 N–H and O–H groups in total. The minimum atomic E-state index is -4.85. The number of ether oxygens (including phenoxy) is 1. The van der Waals surface area contributed by atoms with Crippen molar-refractivity contribution in [2.45, 2.75) is 6.36 Å². The van der Waals surface area contributed by atoms with Crippen molar-refractivity contribution in [1.82, 2.24) is 9.78 Å². The van der Waals surface area contributed by atoms with Gasteiger partial charge in [0.05, 0.1) is 16.8 Å². The Morgan fingerprint density at radius 3 is 2.07 bits per heavy atom. The van der Waals surface area contributed by atoms with E-state index in [0.717, 1.165) is 22.9 Å². The molecule has 0 aliphatic carbocycles. The molecular weight excluding hydrogens is 407 g/mol. The van der Waals surface area contributed by atoms with Gasteiger partial charge in [-0.2, -0.15) is 9.78 Å². The van der Waals surface area contributed by atoms with E-state index < -0.39 is 29.3 Å². The lowest BCUT2D eigenvalue weighted by Crippen LogP contribution is -2.22. The minimum Gasteiger partial charge on any atom is -0.406 e. The summed E-state index contributed by atoms with van der Waals surface area (Å²) >= 11 is 0. The topological polar surface area (TPSA) is 44.1 Å². The van der Waals surface area contributed by atoms with E-state index in [-0.39, 0.29) is 16.8 Å². The summed E-state index contributed by atoms with van der Waals surface area (Å²) in [6, 6.07) is 13.4. The molecule has 0 atom stereocenters. The number of halogens is 5. The maximum atomic E-state index is 13.8. The Hall–Kier alpha value is -3.75. The maximum Gasteiger partial charge on any atom is 0.573 e. The molecule has 0 spiro atoms. The van der Waals surface area contributed by atoms with Crippen molar-refractivity contribution in [2.75, 3.05) is 0 Å². The lowest BCUT2D eigenvalue weighted by Gasteiger charge is -2.13. The Labute approximate surface area is 165 Å². The molecule has 0 unspecified atom stereocenters. The van der Waals surface area contributed by atoms with E-state index in [1.54, 1.807) is 0 Å². The maximum absolute atomic E-state index is 13.8. The third-order valence-corrected chi connectivity index (χ3v) is 4.29. The molecule has 0 aliphatic heterocycles. The Morgan fingerprint density at radius 2 is 1.43 bits per heavy atom. The second-order valence-corrected chi connectivity index (χ2v) is 6.30. The number of nitrogens with zero attached hydrogens (tertiary/aromatic N) is 2. The predicted molar refractivity (Wildman–Crippen MR) is 99.4 cm³/mol. The molecule has 152 valence electrons. The highest BCUT2D eigenvalue weighted by Gasteiger charge is 2.31. The highest BCUT2D eigenvalue weighted by molar-refractivity contribution is 5.94. The van der Waals surface area contributed by atoms with Crippen LogP contribution in [0.2, 0.25) is 0 Å². The van der Waals surface area contributed by atoms with Crippen LogP contribution in [0.4, 0.5) is 22.0 Å². The first-order valence-corrected chi connectivity index (χ1v) is 8.56. The summed E-state index contributed by atoms with van der Waals surface area (Å²) in [6.45, 7) is 0. The molecule has 3 aromatic carbocycles.